The second-order valence-electron chi connectivity index (χ2n) is 4.90. The molecule has 0 aromatic carbocycles. The first-order valence-electron chi connectivity index (χ1n) is 6.37. The minimum atomic E-state index is -5.98. The van der Waals surface area contributed by atoms with Crippen LogP contribution in [0.5, 0.6) is 0 Å². The quantitative estimate of drug-likeness (QED) is 0.302. The third-order valence-electron chi connectivity index (χ3n) is 2.68. The Bertz CT molecular complexity index is 390. The van der Waals surface area contributed by atoms with Gasteiger partial charge in [0.2, 0.25) is 0 Å². The van der Waals surface area contributed by atoms with E-state index < -0.39 is 30.9 Å². The Hall–Kier alpha value is -0.730. The molecular weight excluding hydrogens is 337 g/mol. The molecule has 0 aliphatic carbocycles. The van der Waals surface area contributed by atoms with Crippen LogP contribution >= 0.6 is 11.8 Å². The predicted molar refractivity (Wildman–Crippen MR) is 71.6 cm³/mol. The molecule has 0 atom stereocenters. The number of hydrogen-bond acceptors (Lipinski definition) is 2. The Labute approximate surface area is 128 Å². The molecule has 22 heavy (non-hydrogen) atoms. The Morgan fingerprint density at radius 1 is 1.05 bits per heavy atom. The van der Waals surface area contributed by atoms with E-state index in [2.05, 4.69) is 6.58 Å². The number of halogens is 7. The summed E-state index contributed by atoms with van der Waals surface area (Å²) in [6.07, 6.45) is -8.99. The monoisotopic (exact) mass is 354 g/mol. The van der Waals surface area contributed by atoms with Crippen molar-refractivity contribution in [2.75, 3.05) is 11.5 Å². The number of thioether (sulfide) groups is 1. The third kappa shape index (κ3) is 8.05. The Morgan fingerprint density at radius 3 is 2.05 bits per heavy atom. The fourth-order valence-corrected chi connectivity index (χ4v) is 2.38. The molecule has 0 aliphatic rings. The molecule has 0 rings (SSSR count). The van der Waals surface area contributed by atoms with E-state index in [0.29, 0.717) is 17.7 Å². The number of carbonyl (C=O) groups excluding carboxylic acids is 1. The highest BCUT2D eigenvalue weighted by molar-refractivity contribution is 7.99. The van der Waals surface area contributed by atoms with Gasteiger partial charge in [-0.3, -0.25) is 4.79 Å². The number of allylic oxidation sites excluding steroid dienone is 1. The summed E-state index contributed by atoms with van der Waals surface area (Å²) >= 11 is 0.979. The van der Waals surface area contributed by atoms with Crippen molar-refractivity contribution in [1.29, 1.82) is 0 Å². The molecule has 130 valence electrons. The Kier molecular flexibility index (Phi) is 7.94. The van der Waals surface area contributed by atoms with Gasteiger partial charge in [-0.2, -0.15) is 33.7 Å². The zero-order valence-corrected chi connectivity index (χ0v) is 12.7. The van der Waals surface area contributed by atoms with Crippen LogP contribution < -0.4 is 0 Å². The van der Waals surface area contributed by atoms with E-state index >= 15 is 0 Å². The van der Waals surface area contributed by atoms with Crippen molar-refractivity contribution in [1.82, 2.24) is 0 Å². The first kappa shape index (κ1) is 21.3. The molecule has 0 fully saturated rings. The fourth-order valence-electron chi connectivity index (χ4n) is 1.39. The second kappa shape index (κ2) is 8.21. The van der Waals surface area contributed by atoms with Crippen LogP contribution in [0.4, 0.5) is 30.7 Å². The van der Waals surface area contributed by atoms with E-state index in [-0.39, 0.29) is 18.0 Å². The first-order valence-corrected chi connectivity index (χ1v) is 7.53. The molecule has 0 spiro atoms. The molecule has 0 aromatic heterocycles. The van der Waals surface area contributed by atoms with Crippen LogP contribution in [-0.2, 0) is 4.79 Å². The summed E-state index contributed by atoms with van der Waals surface area (Å²) in [5.74, 6) is -9.59. The minimum absolute atomic E-state index is 0.157. The summed E-state index contributed by atoms with van der Waals surface area (Å²) in [4.78, 5) is 11.2. The van der Waals surface area contributed by atoms with Crippen LogP contribution in [0.15, 0.2) is 12.2 Å². The van der Waals surface area contributed by atoms with E-state index in [4.69, 9.17) is 0 Å². The van der Waals surface area contributed by atoms with E-state index in [0.717, 1.165) is 11.8 Å². The molecule has 0 heterocycles. The summed E-state index contributed by atoms with van der Waals surface area (Å²) in [5, 5.41) is 0. The van der Waals surface area contributed by atoms with Crippen LogP contribution in [0.1, 0.15) is 32.6 Å². The molecule has 0 saturated heterocycles. The van der Waals surface area contributed by atoms with Gasteiger partial charge in [-0.15, -0.1) is 0 Å². The molecule has 0 bridgehead atoms. The average molecular weight is 354 g/mol. The van der Waals surface area contributed by atoms with Gasteiger partial charge in [0, 0.05) is 12.8 Å². The van der Waals surface area contributed by atoms with Crippen molar-refractivity contribution in [3.63, 3.8) is 0 Å². The van der Waals surface area contributed by atoms with Gasteiger partial charge in [-0.1, -0.05) is 6.58 Å². The molecule has 0 saturated carbocycles. The van der Waals surface area contributed by atoms with Gasteiger partial charge in [0.15, 0.2) is 5.78 Å². The standard InChI is InChI=1S/C13H17F7OS/c1-9(2)10(21)4-3-6-22-7-5-11(14,15)8-12(16,17)13(18,19)20/h1,3-8H2,2H3. The summed E-state index contributed by atoms with van der Waals surface area (Å²) in [5.41, 5.74) is 0.380. The molecule has 0 unspecified atom stereocenters. The first-order chi connectivity index (χ1) is 9.78. The van der Waals surface area contributed by atoms with E-state index in [1.165, 1.54) is 6.92 Å². The number of hydrogen-bond donors (Lipinski definition) is 0. The van der Waals surface area contributed by atoms with Crippen molar-refractivity contribution in [3.05, 3.63) is 12.2 Å². The molecule has 0 amide bonds. The van der Waals surface area contributed by atoms with E-state index in [1.807, 2.05) is 0 Å². The smallest absolute Gasteiger partial charge is 0.295 e. The van der Waals surface area contributed by atoms with Crippen LogP contribution in [0.3, 0.4) is 0 Å². The van der Waals surface area contributed by atoms with Gasteiger partial charge < -0.3 is 0 Å². The molecule has 0 aromatic rings. The van der Waals surface area contributed by atoms with Crippen molar-refractivity contribution in [2.24, 2.45) is 0 Å². The van der Waals surface area contributed by atoms with Gasteiger partial charge >= 0.3 is 12.1 Å². The SMILES string of the molecule is C=C(C)C(=O)CCCSCCC(F)(F)CC(F)(F)C(F)(F)F. The molecule has 0 aliphatic heterocycles. The highest BCUT2D eigenvalue weighted by Gasteiger charge is 2.61. The lowest BCUT2D eigenvalue weighted by molar-refractivity contribution is -0.300. The van der Waals surface area contributed by atoms with Crippen molar-refractivity contribution < 1.29 is 35.5 Å². The van der Waals surface area contributed by atoms with Crippen molar-refractivity contribution in [3.8, 4) is 0 Å². The summed E-state index contributed by atoms with van der Waals surface area (Å²) < 4.78 is 87.0. The molecule has 0 radical (unpaired) electrons. The minimum Gasteiger partial charge on any atom is -0.295 e. The molecular formula is C13H17F7OS. The maximum atomic E-state index is 13.1. The number of carbonyl (C=O) groups is 1. The summed E-state index contributed by atoms with van der Waals surface area (Å²) in [6, 6.07) is 0. The van der Waals surface area contributed by atoms with Gasteiger partial charge in [0.25, 0.3) is 5.92 Å². The second-order valence-corrected chi connectivity index (χ2v) is 6.13. The average Bonchev–Trinajstić information content (AvgIpc) is 2.30. The van der Waals surface area contributed by atoms with Crippen LogP contribution in [0.25, 0.3) is 0 Å². The maximum absolute atomic E-state index is 13.1. The molecule has 9 heteroatoms. The van der Waals surface area contributed by atoms with E-state index in [9.17, 15) is 35.5 Å². The zero-order chi connectivity index (χ0) is 17.6. The fraction of sp³-hybridized carbons (Fsp3) is 0.769. The largest absolute Gasteiger partial charge is 0.453 e. The van der Waals surface area contributed by atoms with Gasteiger partial charge in [-0.25, -0.2) is 8.78 Å². The topological polar surface area (TPSA) is 17.1 Å². The van der Waals surface area contributed by atoms with Gasteiger partial charge in [0.1, 0.15) is 0 Å². The summed E-state index contributed by atoms with van der Waals surface area (Å²) in [6.45, 7) is 4.98. The number of Topliss-reactive ketones (excluding diaryl/α,β-unsaturated/α-hetero) is 1. The molecule has 1 nitrogen and oxygen atoms in total. The maximum Gasteiger partial charge on any atom is 0.453 e. The van der Waals surface area contributed by atoms with Gasteiger partial charge in [0.05, 0.1) is 6.42 Å². The Morgan fingerprint density at radius 2 is 1.59 bits per heavy atom. The Balaban J connectivity index is 4.04. The van der Waals surface area contributed by atoms with Crippen LogP contribution in [0.2, 0.25) is 0 Å². The highest BCUT2D eigenvalue weighted by Crippen LogP contribution is 2.43. The lowest BCUT2D eigenvalue weighted by Gasteiger charge is -2.24. The third-order valence-corrected chi connectivity index (χ3v) is 3.75. The number of rotatable bonds is 10. The zero-order valence-electron chi connectivity index (χ0n) is 11.9. The van der Waals surface area contributed by atoms with Crippen molar-refractivity contribution in [2.45, 2.75) is 50.6 Å². The van der Waals surface area contributed by atoms with Crippen LogP contribution in [-0.4, -0.2) is 35.3 Å². The molecule has 0 N–H and O–H groups in total. The number of ketones is 1. The van der Waals surface area contributed by atoms with Crippen LogP contribution in [0, 0.1) is 0 Å². The normalized spacial score (nSPS) is 13.3. The van der Waals surface area contributed by atoms with Crippen molar-refractivity contribution >= 4 is 17.5 Å². The lowest BCUT2D eigenvalue weighted by Crippen LogP contribution is -2.41. The lowest BCUT2D eigenvalue weighted by atomic mass is 10.1. The highest BCUT2D eigenvalue weighted by atomic mass is 32.2. The van der Waals surface area contributed by atoms with E-state index in [1.54, 1.807) is 0 Å². The predicted octanol–water partition coefficient (Wildman–Crippen LogP) is 5.26. The summed E-state index contributed by atoms with van der Waals surface area (Å²) in [7, 11) is 0. The number of alkyl halides is 7. The van der Waals surface area contributed by atoms with Gasteiger partial charge in [-0.05, 0) is 30.4 Å².